The Balaban J connectivity index is 1.25. The van der Waals surface area contributed by atoms with Gasteiger partial charge in [0.1, 0.15) is 35.9 Å². The van der Waals surface area contributed by atoms with Crippen LogP contribution < -0.4 is 0 Å². The van der Waals surface area contributed by atoms with Crippen molar-refractivity contribution in [2.75, 3.05) is 13.7 Å². The number of methoxy groups -OCH3 is 1. The fourth-order valence-electron chi connectivity index (χ4n) is 10.5. The molecule has 5 fully saturated rings. The Hall–Kier alpha value is -2.29. The maximum absolute atomic E-state index is 14.4. The van der Waals surface area contributed by atoms with E-state index in [-0.39, 0.29) is 24.7 Å². The lowest BCUT2D eigenvalue weighted by Gasteiger charge is -2.51. The SMILES string of the molecule is COC1CC(OC2C(C)=CCC3CC(CC4(CCC(C)C(C5CCCCC5)O4)O3)OC(=O)C3C=C(C)C(N=O)C4OCC(=CC=CC2C)C34O)OC(C)C1O. The minimum absolute atomic E-state index is 0.0290. The van der Waals surface area contributed by atoms with Crippen LogP contribution in [0.2, 0.25) is 0 Å². The van der Waals surface area contributed by atoms with Crippen molar-refractivity contribution in [3.8, 4) is 0 Å². The molecule has 15 unspecified atom stereocenters. The Labute approximate surface area is 326 Å². The predicted octanol–water partition coefficient (Wildman–Crippen LogP) is 6.37. The van der Waals surface area contributed by atoms with Crippen LogP contribution in [0, 0.1) is 28.6 Å². The van der Waals surface area contributed by atoms with Gasteiger partial charge in [-0.25, -0.2) is 0 Å². The average molecular weight is 770 g/mol. The fraction of sp³-hybridized carbons (Fsp3) is 0.791. The van der Waals surface area contributed by atoms with Gasteiger partial charge < -0.3 is 43.4 Å². The number of rotatable bonds is 5. The first kappa shape index (κ1) is 40.9. The van der Waals surface area contributed by atoms with Crippen molar-refractivity contribution in [2.45, 2.75) is 178 Å². The quantitative estimate of drug-likeness (QED) is 0.182. The Morgan fingerprint density at radius 1 is 1.00 bits per heavy atom. The monoisotopic (exact) mass is 769 g/mol. The first-order chi connectivity index (χ1) is 26.4. The van der Waals surface area contributed by atoms with Gasteiger partial charge in [0.25, 0.3) is 0 Å². The highest BCUT2D eigenvalue weighted by Crippen LogP contribution is 2.49. The fourth-order valence-corrected chi connectivity index (χ4v) is 10.5. The molecule has 15 atom stereocenters. The molecule has 12 heteroatoms. The first-order valence-electron chi connectivity index (χ1n) is 20.8. The van der Waals surface area contributed by atoms with Gasteiger partial charge in [0.15, 0.2) is 12.1 Å². The summed E-state index contributed by atoms with van der Waals surface area (Å²) < 4.78 is 45.1. The van der Waals surface area contributed by atoms with Crippen molar-refractivity contribution in [3.63, 3.8) is 0 Å². The van der Waals surface area contributed by atoms with Crippen molar-refractivity contribution in [2.24, 2.45) is 28.8 Å². The summed E-state index contributed by atoms with van der Waals surface area (Å²) >= 11 is 0. The van der Waals surface area contributed by atoms with Gasteiger partial charge in [-0.1, -0.05) is 68.7 Å². The summed E-state index contributed by atoms with van der Waals surface area (Å²) in [6.07, 6.45) is 14.3. The largest absolute Gasteiger partial charge is 0.462 e. The molecule has 2 bridgehead atoms. The third kappa shape index (κ3) is 8.22. The van der Waals surface area contributed by atoms with Gasteiger partial charge in [0.05, 0.1) is 37.1 Å². The van der Waals surface area contributed by atoms with Gasteiger partial charge in [-0.05, 0) is 75.0 Å². The molecule has 5 heterocycles. The van der Waals surface area contributed by atoms with E-state index in [1.165, 1.54) is 19.3 Å². The van der Waals surface area contributed by atoms with Gasteiger partial charge in [0.2, 0.25) is 0 Å². The summed E-state index contributed by atoms with van der Waals surface area (Å²) in [6, 6.07) is -0.948. The molecule has 12 nitrogen and oxygen atoms in total. The summed E-state index contributed by atoms with van der Waals surface area (Å²) in [5, 5.41) is 26.5. The predicted molar refractivity (Wildman–Crippen MR) is 203 cm³/mol. The highest BCUT2D eigenvalue weighted by molar-refractivity contribution is 5.78. The second-order valence-corrected chi connectivity index (χ2v) is 17.6. The normalized spacial score (nSPS) is 45.9. The second-order valence-electron chi connectivity index (χ2n) is 17.6. The number of allylic oxidation sites excluding steroid dienone is 2. The summed E-state index contributed by atoms with van der Waals surface area (Å²) in [6.45, 7) is 9.98. The number of carbonyl (C=O) groups excluding carboxylic acids is 1. The minimum atomic E-state index is -1.83. The maximum Gasteiger partial charge on any atom is 0.316 e. The lowest BCUT2D eigenvalue weighted by atomic mass is 9.70. The number of fused-ring (bicyclic) bond motifs is 2. The van der Waals surface area contributed by atoms with Crippen molar-refractivity contribution >= 4 is 5.97 Å². The van der Waals surface area contributed by atoms with Crippen LogP contribution in [0.5, 0.6) is 0 Å². The van der Waals surface area contributed by atoms with Crippen LogP contribution in [-0.4, -0.2) is 102 Å². The van der Waals surface area contributed by atoms with Gasteiger partial charge in [-0.15, -0.1) is 0 Å². The zero-order valence-corrected chi connectivity index (χ0v) is 33.5. The number of nitroso groups, excluding NO2 is 1. The minimum Gasteiger partial charge on any atom is -0.462 e. The lowest BCUT2D eigenvalue weighted by molar-refractivity contribution is -0.342. The molecule has 0 aromatic heterocycles. The molecule has 4 saturated heterocycles. The third-order valence-corrected chi connectivity index (χ3v) is 13.7. The van der Waals surface area contributed by atoms with Crippen molar-refractivity contribution < 1.29 is 48.2 Å². The smallest absolute Gasteiger partial charge is 0.316 e. The number of hydrogen-bond donors (Lipinski definition) is 2. The van der Waals surface area contributed by atoms with E-state index in [1.807, 2.05) is 26.0 Å². The van der Waals surface area contributed by atoms with Crippen molar-refractivity contribution in [1.29, 1.82) is 0 Å². The lowest BCUT2D eigenvalue weighted by Crippen LogP contribution is -2.58. The molecule has 2 N–H and O–H groups in total. The van der Waals surface area contributed by atoms with Gasteiger partial charge in [-0.2, -0.15) is 4.91 Å². The zero-order valence-electron chi connectivity index (χ0n) is 33.5. The molecular weight excluding hydrogens is 706 g/mol. The van der Waals surface area contributed by atoms with E-state index in [4.69, 9.17) is 33.2 Å². The molecule has 2 aliphatic carbocycles. The van der Waals surface area contributed by atoms with Crippen molar-refractivity contribution in [3.05, 3.63) is 52.0 Å². The van der Waals surface area contributed by atoms with E-state index in [0.717, 1.165) is 24.8 Å². The van der Waals surface area contributed by atoms with Crippen LogP contribution in [0.3, 0.4) is 0 Å². The molecule has 7 aliphatic rings. The molecule has 0 aromatic rings. The first-order valence-corrected chi connectivity index (χ1v) is 20.8. The number of nitrogens with zero attached hydrogens (tertiary/aromatic N) is 1. The molecule has 0 aromatic carbocycles. The number of hydrogen-bond acceptors (Lipinski definition) is 12. The molecule has 1 saturated carbocycles. The number of carbonyl (C=O) groups is 1. The van der Waals surface area contributed by atoms with Gasteiger partial charge in [-0.3, -0.25) is 4.79 Å². The summed E-state index contributed by atoms with van der Waals surface area (Å²) in [5.74, 6) is -1.86. The molecule has 7 rings (SSSR count). The van der Waals surface area contributed by atoms with Crippen LogP contribution in [0.25, 0.3) is 0 Å². The van der Waals surface area contributed by atoms with Crippen LogP contribution >= 0.6 is 0 Å². The second kappa shape index (κ2) is 16.9. The van der Waals surface area contributed by atoms with E-state index >= 15 is 0 Å². The average Bonchev–Trinajstić information content (AvgIpc) is 3.50. The molecule has 1 spiro atoms. The molecule has 55 heavy (non-hydrogen) atoms. The van der Waals surface area contributed by atoms with E-state index in [1.54, 1.807) is 26.2 Å². The van der Waals surface area contributed by atoms with Crippen molar-refractivity contribution in [1.82, 2.24) is 0 Å². The Morgan fingerprint density at radius 2 is 1.78 bits per heavy atom. The van der Waals surface area contributed by atoms with E-state index in [0.29, 0.717) is 55.1 Å². The maximum atomic E-state index is 14.4. The zero-order chi connectivity index (χ0) is 39.1. The van der Waals surface area contributed by atoms with E-state index in [9.17, 15) is 19.9 Å². The summed E-state index contributed by atoms with van der Waals surface area (Å²) in [4.78, 5) is 26.5. The number of aliphatic hydroxyl groups excluding tert-OH is 1. The third-order valence-electron chi connectivity index (χ3n) is 13.7. The Morgan fingerprint density at radius 3 is 2.53 bits per heavy atom. The number of aliphatic hydroxyl groups is 2. The Bertz CT molecular complexity index is 1520. The standard InChI is InChI=1S/C43H63NO11/c1-24-11-10-14-30-23-50-40-36(44-48)27(4)19-33(43(30,40)47)41(46)52-32-20-31(16-15-25(2)38(24)53-35-21-34(49-6)37(45)28(5)51-35)54-42(22-32)18-17-26(3)39(55-42)29-12-8-7-9-13-29/h10-11,14-15,19,24,26,28-29,31-40,45,47H,7-9,12-13,16-18,20-23H2,1-6H3. The van der Waals surface area contributed by atoms with Crippen LogP contribution in [0.15, 0.2) is 52.3 Å². The molecule has 0 amide bonds. The highest BCUT2D eigenvalue weighted by atomic mass is 16.7. The molecule has 0 radical (unpaired) electrons. The van der Waals surface area contributed by atoms with E-state index < -0.39 is 72.2 Å². The Kier molecular flexibility index (Phi) is 12.6. The molecule has 5 aliphatic heterocycles. The van der Waals surface area contributed by atoms with Gasteiger partial charge in [0, 0.05) is 38.7 Å². The highest BCUT2D eigenvalue weighted by Gasteiger charge is 2.61. The topological polar surface area (TPSA) is 152 Å². The van der Waals surface area contributed by atoms with Gasteiger partial charge >= 0.3 is 5.97 Å². The van der Waals surface area contributed by atoms with E-state index in [2.05, 4.69) is 25.1 Å². The summed E-state index contributed by atoms with van der Waals surface area (Å²) in [5.41, 5.74) is 0.188. The molecular formula is C43H63NO11. The van der Waals surface area contributed by atoms with Crippen LogP contribution in [0.4, 0.5) is 0 Å². The summed E-state index contributed by atoms with van der Waals surface area (Å²) in [7, 11) is 1.58. The molecule has 306 valence electrons. The van der Waals surface area contributed by atoms with Crippen LogP contribution in [-0.2, 0) is 38.0 Å². The number of esters is 1. The van der Waals surface area contributed by atoms with Crippen LogP contribution in [0.1, 0.15) is 105 Å². The number of ether oxygens (including phenoxy) is 7.